The van der Waals surface area contributed by atoms with Gasteiger partial charge in [-0.05, 0) is 37.5 Å². The molecule has 3 unspecified atom stereocenters. The quantitative estimate of drug-likeness (QED) is 0.875. The van der Waals surface area contributed by atoms with E-state index in [9.17, 15) is 0 Å². The van der Waals surface area contributed by atoms with E-state index in [1.807, 2.05) is 6.20 Å². The van der Waals surface area contributed by atoms with Crippen LogP contribution in [0, 0.1) is 11.8 Å². The van der Waals surface area contributed by atoms with Gasteiger partial charge in [-0.15, -0.1) is 11.3 Å². The molecule has 3 heteroatoms. The van der Waals surface area contributed by atoms with Crippen LogP contribution >= 0.6 is 11.3 Å². The predicted molar refractivity (Wildman–Crippen MR) is 77.0 cm³/mol. The minimum atomic E-state index is 0.561. The summed E-state index contributed by atoms with van der Waals surface area (Å²) in [6.07, 6.45) is 10.7. The number of hydrogen-bond acceptors (Lipinski definition) is 3. The molecule has 0 spiro atoms. The van der Waals surface area contributed by atoms with Crippen LogP contribution in [-0.4, -0.2) is 17.6 Å². The summed E-state index contributed by atoms with van der Waals surface area (Å²) in [5.41, 5.74) is 0. The van der Waals surface area contributed by atoms with E-state index < -0.39 is 0 Å². The van der Waals surface area contributed by atoms with Crippen molar-refractivity contribution in [2.24, 2.45) is 11.8 Å². The van der Waals surface area contributed by atoms with E-state index in [1.165, 1.54) is 43.5 Å². The van der Waals surface area contributed by atoms with Gasteiger partial charge in [-0.1, -0.05) is 19.8 Å². The van der Waals surface area contributed by atoms with E-state index in [0.717, 1.165) is 24.4 Å². The van der Waals surface area contributed by atoms with Crippen LogP contribution in [0.15, 0.2) is 11.6 Å². The van der Waals surface area contributed by atoms with Crippen molar-refractivity contribution in [1.29, 1.82) is 0 Å². The van der Waals surface area contributed by atoms with E-state index in [1.54, 1.807) is 11.3 Å². The van der Waals surface area contributed by atoms with Crippen LogP contribution in [0.3, 0.4) is 0 Å². The number of nitrogens with one attached hydrogen (secondary N) is 1. The lowest BCUT2D eigenvalue weighted by atomic mass is 9.82. The van der Waals surface area contributed by atoms with Crippen molar-refractivity contribution in [2.45, 2.75) is 57.4 Å². The molecule has 2 nitrogen and oxygen atoms in total. The largest absolute Gasteiger partial charge is 0.313 e. The molecule has 0 saturated heterocycles. The van der Waals surface area contributed by atoms with Gasteiger partial charge < -0.3 is 5.32 Å². The number of nitrogens with zero attached hydrogens (tertiary/aromatic N) is 1. The van der Waals surface area contributed by atoms with Gasteiger partial charge in [0.2, 0.25) is 0 Å². The Morgan fingerprint density at radius 1 is 1.33 bits per heavy atom. The molecule has 1 aromatic heterocycles. The third-order valence-corrected chi connectivity index (χ3v) is 5.60. The van der Waals surface area contributed by atoms with Crippen LogP contribution in [-0.2, 0) is 0 Å². The maximum atomic E-state index is 4.41. The number of rotatable bonds is 5. The van der Waals surface area contributed by atoms with Gasteiger partial charge in [-0.25, -0.2) is 4.98 Å². The van der Waals surface area contributed by atoms with Crippen molar-refractivity contribution in [3.8, 4) is 0 Å². The highest BCUT2D eigenvalue weighted by molar-refractivity contribution is 7.09. The first kappa shape index (κ1) is 12.6. The lowest BCUT2D eigenvalue weighted by Gasteiger charge is -2.30. The molecule has 3 rings (SSSR count). The second-order valence-electron chi connectivity index (χ2n) is 6.14. The Balaban J connectivity index is 1.44. The molecule has 0 amide bonds. The smallest absolute Gasteiger partial charge is 0.0965 e. The molecule has 100 valence electrons. The fraction of sp³-hybridized carbons (Fsp3) is 0.800. The molecule has 0 aliphatic heterocycles. The van der Waals surface area contributed by atoms with Crippen molar-refractivity contribution in [3.63, 3.8) is 0 Å². The first-order chi connectivity index (χ1) is 8.83. The minimum Gasteiger partial charge on any atom is -0.313 e. The molecule has 0 bridgehead atoms. The zero-order valence-electron chi connectivity index (χ0n) is 11.3. The van der Waals surface area contributed by atoms with Crippen molar-refractivity contribution in [2.75, 3.05) is 6.54 Å². The predicted octanol–water partition coefficient (Wildman–Crippen LogP) is 3.81. The summed E-state index contributed by atoms with van der Waals surface area (Å²) in [7, 11) is 0. The van der Waals surface area contributed by atoms with E-state index in [2.05, 4.69) is 22.6 Å². The number of aromatic nitrogens is 1. The summed E-state index contributed by atoms with van der Waals surface area (Å²) in [5, 5.41) is 7.14. The highest BCUT2D eigenvalue weighted by atomic mass is 32.1. The zero-order chi connectivity index (χ0) is 12.4. The van der Waals surface area contributed by atoms with E-state index in [-0.39, 0.29) is 0 Å². The standard InChI is InChI=1S/C15H24N2S/c1-11(15-16-7-8-18-15)10-17-14-4-2-3-13(9-14)12-5-6-12/h7-8,11-14,17H,2-6,9-10H2,1H3. The molecule has 1 heterocycles. The third-order valence-electron chi connectivity index (χ3n) is 4.59. The van der Waals surface area contributed by atoms with Gasteiger partial charge in [-0.2, -0.15) is 0 Å². The highest BCUT2D eigenvalue weighted by Crippen LogP contribution is 2.43. The molecule has 3 atom stereocenters. The van der Waals surface area contributed by atoms with Gasteiger partial charge in [0.1, 0.15) is 0 Å². The second kappa shape index (κ2) is 5.70. The Kier molecular flexibility index (Phi) is 4.00. The lowest BCUT2D eigenvalue weighted by molar-refractivity contribution is 0.259. The monoisotopic (exact) mass is 264 g/mol. The van der Waals surface area contributed by atoms with E-state index >= 15 is 0 Å². The molecular weight excluding hydrogens is 240 g/mol. The van der Waals surface area contributed by atoms with Crippen molar-refractivity contribution in [1.82, 2.24) is 10.3 Å². The van der Waals surface area contributed by atoms with Crippen LogP contribution in [0.1, 0.15) is 56.4 Å². The van der Waals surface area contributed by atoms with Crippen LogP contribution < -0.4 is 5.32 Å². The summed E-state index contributed by atoms with van der Waals surface area (Å²) < 4.78 is 0. The van der Waals surface area contributed by atoms with Crippen molar-refractivity contribution >= 4 is 11.3 Å². The molecule has 2 fully saturated rings. The molecule has 2 saturated carbocycles. The van der Waals surface area contributed by atoms with Crippen molar-refractivity contribution in [3.05, 3.63) is 16.6 Å². The Bertz CT molecular complexity index is 359. The molecule has 2 aliphatic rings. The molecule has 0 aromatic carbocycles. The van der Waals surface area contributed by atoms with Gasteiger partial charge in [-0.3, -0.25) is 0 Å². The Morgan fingerprint density at radius 3 is 2.94 bits per heavy atom. The van der Waals surface area contributed by atoms with Gasteiger partial charge in [0.25, 0.3) is 0 Å². The minimum absolute atomic E-state index is 0.561. The van der Waals surface area contributed by atoms with Crippen LogP contribution in [0.5, 0.6) is 0 Å². The van der Waals surface area contributed by atoms with Gasteiger partial charge in [0, 0.05) is 30.1 Å². The average molecular weight is 264 g/mol. The highest BCUT2D eigenvalue weighted by Gasteiger charge is 2.34. The first-order valence-corrected chi connectivity index (χ1v) is 8.33. The van der Waals surface area contributed by atoms with Crippen LogP contribution in [0.25, 0.3) is 0 Å². The normalized spacial score (nSPS) is 30.3. The van der Waals surface area contributed by atoms with Crippen LogP contribution in [0.4, 0.5) is 0 Å². The second-order valence-corrected chi connectivity index (χ2v) is 7.07. The number of hydrogen-bond donors (Lipinski definition) is 1. The van der Waals surface area contributed by atoms with Gasteiger partial charge >= 0.3 is 0 Å². The van der Waals surface area contributed by atoms with Crippen molar-refractivity contribution < 1.29 is 0 Å². The molecule has 2 aliphatic carbocycles. The Morgan fingerprint density at radius 2 is 2.22 bits per heavy atom. The van der Waals surface area contributed by atoms with Crippen LogP contribution in [0.2, 0.25) is 0 Å². The fourth-order valence-electron chi connectivity index (χ4n) is 3.32. The maximum absolute atomic E-state index is 4.41. The lowest BCUT2D eigenvalue weighted by Crippen LogP contribution is -2.36. The topological polar surface area (TPSA) is 24.9 Å². The molecule has 0 radical (unpaired) electrons. The summed E-state index contributed by atoms with van der Waals surface area (Å²) in [6, 6.07) is 0.770. The van der Waals surface area contributed by atoms with E-state index in [4.69, 9.17) is 0 Å². The maximum Gasteiger partial charge on any atom is 0.0965 e. The fourth-order valence-corrected chi connectivity index (χ4v) is 4.02. The first-order valence-electron chi connectivity index (χ1n) is 7.45. The average Bonchev–Trinajstić information content (AvgIpc) is 3.11. The number of thiazole rings is 1. The molecule has 1 N–H and O–H groups in total. The SMILES string of the molecule is CC(CNC1CCCC(C2CC2)C1)c1nccs1. The summed E-state index contributed by atoms with van der Waals surface area (Å²) >= 11 is 1.78. The Hall–Kier alpha value is -0.410. The molecule has 18 heavy (non-hydrogen) atoms. The summed E-state index contributed by atoms with van der Waals surface area (Å²) in [4.78, 5) is 4.41. The van der Waals surface area contributed by atoms with Gasteiger partial charge in [0.15, 0.2) is 0 Å². The zero-order valence-corrected chi connectivity index (χ0v) is 12.1. The molecular formula is C15H24N2S. The van der Waals surface area contributed by atoms with E-state index in [0.29, 0.717) is 5.92 Å². The summed E-state index contributed by atoms with van der Waals surface area (Å²) in [6.45, 7) is 3.38. The summed E-state index contributed by atoms with van der Waals surface area (Å²) in [5.74, 6) is 2.68. The Labute approximate surface area is 114 Å². The van der Waals surface area contributed by atoms with Gasteiger partial charge in [0.05, 0.1) is 5.01 Å². The third kappa shape index (κ3) is 3.12. The molecule has 1 aromatic rings.